The quantitative estimate of drug-likeness (QED) is 0.841. The summed E-state index contributed by atoms with van der Waals surface area (Å²) in [4.78, 5) is 25.8. The lowest BCUT2D eigenvalue weighted by atomic mass is 10.1. The Morgan fingerprint density at radius 1 is 1.29 bits per heavy atom. The van der Waals surface area contributed by atoms with Crippen molar-refractivity contribution in [2.24, 2.45) is 0 Å². The first-order chi connectivity index (χ1) is 10.0. The number of hydrogen-bond donors (Lipinski definition) is 1. The summed E-state index contributed by atoms with van der Waals surface area (Å²) in [7, 11) is 0. The number of carbonyl (C=O) groups excluding carboxylic acids is 2. The van der Waals surface area contributed by atoms with Gasteiger partial charge < -0.3 is 10.2 Å². The maximum atomic E-state index is 12.2. The zero-order valence-corrected chi connectivity index (χ0v) is 13.6. The van der Waals surface area contributed by atoms with E-state index < -0.39 is 6.04 Å². The SMILES string of the molecule is CCCNC(=O)C(C)N(Cc1ccccc1Cl)C(=O)CC. The Morgan fingerprint density at radius 3 is 2.52 bits per heavy atom. The van der Waals surface area contributed by atoms with E-state index in [9.17, 15) is 9.59 Å². The molecule has 1 N–H and O–H groups in total. The van der Waals surface area contributed by atoms with Gasteiger partial charge in [0.05, 0.1) is 0 Å². The van der Waals surface area contributed by atoms with Gasteiger partial charge in [-0.3, -0.25) is 9.59 Å². The monoisotopic (exact) mass is 310 g/mol. The van der Waals surface area contributed by atoms with Crippen molar-refractivity contribution in [3.63, 3.8) is 0 Å². The Balaban J connectivity index is 2.88. The van der Waals surface area contributed by atoms with Crippen molar-refractivity contribution >= 4 is 23.4 Å². The molecule has 2 amide bonds. The molecule has 0 fully saturated rings. The molecule has 1 rings (SSSR count). The summed E-state index contributed by atoms with van der Waals surface area (Å²) in [6.45, 7) is 6.48. The molecule has 0 heterocycles. The molecule has 21 heavy (non-hydrogen) atoms. The van der Waals surface area contributed by atoms with Crippen LogP contribution in [0.5, 0.6) is 0 Å². The van der Waals surface area contributed by atoms with E-state index in [2.05, 4.69) is 5.32 Å². The van der Waals surface area contributed by atoms with Crippen LogP contribution in [-0.2, 0) is 16.1 Å². The number of nitrogens with zero attached hydrogens (tertiary/aromatic N) is 1. The standard InChI is InChI=1S/C16H23ClN2O2/c1-4-10-18-16(21)12(3)19(15(20)5-2)11-13-8-6-7-9-14(13)17/h6-9,12H,4-5,10-11H2,1-3H3,(H,18,21). The Bertz CT molecular complexity index is 491. The highest BCUT2D eigenvalue weighted by molar-refractivity contribution is 6.31. The number of carbonyl (C=O) groups is 2. The van der Waals surface area contributed by atoms with E-state index in [0.717, 1.165) is 12.0 Å². The number of amides is 2. The van der Waals surface area contributed by atoms with Gasteiger partial charge in [-0.05, 0) is 25.0 Å². The summed E-state index contributed by atoms with van der Waals surface area (Å²) in [5.74, 6) is -0.195. The summed E-state index contributed by atoms with van der Waals surface area (Å²) in [6, 6.07) is 6.86. The Hall–Kier alpha value is -1.55. The van der Waals surface area contributed by atoms with E-state index in [1.807, 2.05) is 25.1 Å². The third-order valence-electron chi connectivity index (χ3n) is 3.32. The highest BCUT2D eigenvalue weighted by Crippen LogP contribution is 2.19. The van der Waals surface area contributed by atoms with Crippen molar-refractivity contribution in [2.45, 2.75) is 46.2 Å². The maximum absolute atomic E-state index is 12.2. The molecule has 0 bridgehead atoms. The van der Waals surface area contributed by atoms with Crippen molar-refractivity contribution < 1.29 is 9.59 Å². The highest BCUT2D eigenvalue weighted by atomic mass is 35.5. The van der Waals surface area contributed by atoms with E-state index in [4.69, 9.17) is 11.6 Å². The van der Waals surface area contributed by atoms with Gasteiger partial charge in [-0.2, -0.15) is 0 Å². The first-order valence-corrected chi connectivity index (χ1v) is 7.69. The largest absolute Gasteiger partial charge is 0.354 e. The van der Waals surface area contributed by atoms with Gasteiger partial charge in [0.25, 0.3) is 0 Å². The second-order valence-electron chi connectivity index (χ2n) is 4.93. The van der Waals surface area contributed by atoms with Crippen molar-refractivity contribution in [3.05, 3.63) is 34.9 Å². The van der Waals surface area contributed by atoms with Gasteiger partial charge in [-0.25, -0.2) is 0 Å². The van der Waals surface area contributed by atoms with Crippen LogP contribution in [0.4, 0.5) is 0 Å². The first-order valence-electron chi connectivity index (χ1n) is 7.31. The molecule has 116 valence electrons. The van der Waals surface area contributed by atoms with Crippen molar-refractivity contribution in [3.8, 4) is 0 Å². The predicted molar refractivity (Wildman–Crippen MR) is 85.1 cm³/mol. The average molecular weight is 311 g/mol. The molecule has 0 aliphatic carbocycles. The van der Waals surface area contributed by atoms with Gasteiger partial charge in [-0.1, -0.05) is 43.6 Å². The van der Waals surface area contributed by atoms with Crippen LogP contribution in [0, 0.1) is 0 Å². The Morgan fingerprint density at radius 2 is 1.95 bits per heavy atom. The Kier molecular flexibility index (Phi) is 7.23. The summed E-state index contributed by atoms with van der Waals surface area (Å²) >= 11 is 6.15. The molecule has 0 aromatic heterocycles. The molecule has 1 atom stereocenters. The Labute approximate surface area is 131 Å². The fourth-order valence-electron chi connectivity index (χ4n) is 1.99. The minimum atomic E-state index is -0.514. The lowest BCUT2D eigenvalue weighted by Gasteiger charge is -2.28. The fraction of sp³-hybridized carbons (Fsp3) is 0.500. The fourth-order valence-corrected chi connectivity index (χ4v) is 2.19. The smallest absolute Gasteiger partial charge is 0.242 e. The molecule has 1 aromatic rings. The molecule has 0 saturated heterocycles. The van der Waals surface area contributed by atoms with E-state index in [1.54, 1.807) is 24.8 Å². The van der Waals surface area contributed by atoms with Crippen molar-refractivity contribution in [2.75, 3.05) is 6.54 Å². The van der Waals surface area contributed by atoms with E-state index in [-0.39, 0.29) is 11.8 Å². The molecule has 5 heteroatoms. The van der Waals surface area contributed by atoms with Gasteiger partial charge in [0, 0.05) is 24.5 Å². The van der Waals surface area contributed by atoms with Gasteiger partial charge in [0.1, 0.15) is 6.04 Å². The first kappa shape index (κ1) is 17.5. The van der Waals surface area contributed by atoms with Crippen LogP contribution in [0.1, 0.15) is 39.2 Å². The lowest BCUT2D eigenvalue weighted by molar-refractivity contribution is -0.140. The van der Waals surface area contributed by atoms with Gasteiger partial charge in [0.15, 0.2) is 0 Å². The predicted octanol–water partition coefficient (Wildman–Crippen LogP) is 2.99. The minimum absolute atomic E-state index is 0.0610. The molecule has 0 radical (unpaired) electrons. The maximum Gasteiger partial charge on any atom is 0.242 e. The topological polar surface area (TPSA) is 49.4 Å². The van der Waals surface area contributed by atoms with Crippen molar-refractivity contribution in [1.82, 2.24) is 10.2 Å². The zero-order valence-electron chi connectivity index (χ0n) is 12.9. The number of nitrogens with one attached hydrogen (secondary N) is 1. The van der Waals surface area contributed by atoms with Crippen LogP contribution >= 0.6 is 11.6 Å². The second-order valence-corrected chi connectivity index (χ2v) is 5.34. The molecule has 0 aliphatic heterocycles. The van der Waals surface area contributed by atoms with Crippen LogP contribution in [0.2, 0.25) is 5.02 Å². The highest BCUT2D eigenvalue weighted by Gasteiger charge is 2.25. The van der Waals surface area contributed by atoms with Crippen LogP contribution < -0.4 is 5.32 Å². The molecule has 0 saturated carbocycles. The second kappa shape index (κ2) is 8.67. The molecule has 0 aliphatic rings. The summed E-state index contributed by atoms with van der Waals surface area (Å²) < 4.78 is 0. The molecule has 1 unspecified atom stereocenters. The molecular weight excluding hydrogens is 288 g/mol. The molecule has 1 aromatic carbocycles. The third-order valence-corrected chi connectivity index (χ3v) is 3.69. The third kappa shape index (κ3) is 5.05. The number of hydrogen-bond acceptors (Lipinski definition) is 2. The van der Waals surface area contributed by atoms with E-state index >= 15 is 0 Å². The van der Waals surface area contributed by atoms with Gasteiger partial charge in [0.2, 0.25) is 11.8 Å². The van der Waals surface area contributed by atoms with E-state index in [1.165, 1.54) is 0 Å². The number of rotatable bonds is 7. The van der Waals surface area contributed by atoms with Gasteiger partial charge in [-0.15, -0.1) is 0 Å². The van der Waals surface area contributed by atoms with E-state index in [0.29, 0.717) is 24.5 Å². The number of benzene rings is 1. The minimum Gasteiger partial charge on any atom is -0.354 e. The molecule has 0 spiro atoms. The number of halogens is 1. The zero-order chi connectivity index (χ0) is 15.8. The lowest BCUT2D eigenvalue weighted by Crippen LogP contribution is -2.47. The molecule has 4 nitrogen and oxygen atoms in total. The van der Waals surface area contributed by atoms with Crippen LogP contribution in [-0.4, -0.2) is 29.3 Å². The van der Waals surface area contributed by atoms with Crippen LogP contribution in [0.3, 0.4) is 0 Å². The molecular formula is C16H23ClN2O2. The normalized spacial score (nSPS) is 11.8. The summed E-state index contributed by atoms with van der Waals surface area (Å²) in [6.07, 6.45) is 1.22. The van der Waals surface area contributed by atoms with Crippen LogP contribution in [0.15, 0.2) is 24.3 Å². The van der Waals surface area contributed by atoms with Gasteiger partial charge >= 0.3 is 0 Å². The van der Waals surface area contributed by atoms with Crippen molar-refractivity contribution in [1.29, 1.82) is 0 Å². The summed E-state index contributed by atoms with van der Waals surface area (Å²) in [5, 5.41) is 3.43. The average Bonchev–Trinajstić information content (AvgIpc) is 2.50. The summed E-state index contributed by atoms with van der Waals surface area (Å²) in [5.41, 5.74) is 0.844. The van der Waals surface area contributed by atoms with Crippen LogP contribution in [0.25, 0.3) is 0 Å².